The minimum atomic E-state index is -4.20. The lowest BCUT2D eigenvalue weighted by Gasteiger charge is -2.34. The van der Waals surface area contributed by atoms with Gasteiger partial charge < -0.3 is 19.7 Å². The number of nitrogens with one attached hydrogen (secondary N) is 1. The van der Waals surface area contributed by atoms with Crippen molar-refractivity contribution in [2.75, 3.05) is 31.6 Å². The average molecular weight is 644 g/mol. The molecule has 4 aromatic rings. The predicted octanol–water partition coefficient (Wildman–Crippen LogP) is 5.46. The van der Waals surface area contributed by atoms with E-state index in [2.05, 4.69) is 5.32 Å². The molecule has 0 aliphatic rings. The maximum Gasteiger partial charge on any atom is 0.264 e. The van der Waals surface area contributed by atoms with Crippen LogP contribution in [0.1, 0.15) is 30.9 Å². The summed E-state index contributed by atoms with van der Waals surface area (Å²) in [5, 5.41) is 3.00. The summed E-state index contributed by atoms with van der Waals surface area (Å²) in [6.45, 7) is 2.02. The Hall–Kier alpha value is -4.83. The summed E-state index contributed by atoms with van der Waals surface area (Å²) in [6, 6.07) is 30.3. The number of methoxy groups -OCH3 is 2. The van der Waals surface area contributed by atoms with Crippen LogP contribution >= 0.6 is 0 Å². The van der Waals surface area contributed by atoms with Crippen LogP contribution in [0.3, 0.4) is 0 Å². The Balaban J connectivity index is 1.78. The first-order valence-electron chi connectivity index (χ1n) is 15.2. The Morgan fingerprint density at radius 2 is 1.41 bits per heavy atom. The lowest BCUT2D eigenvalue weighted by atomic mass is 10.0. The van der Waals surface area contributed by atoms with Crippen molar-refractivity contribution in [3.05, 3.63) is 120 Å². The van der Waals surface area contributed by atoms with Gasteiger partial charge in [0.1, 0.15) is 24.1 Å². The van der Waals surface area contributed by atoms with Crippen molar-refractivity contribution in [3.8, 4) is 11.5 Å². The van der Waals surface area contributed by atoms with Crippen LogP contribution in [-0.4, -0.2) is 58.5 Å². The van der Waals surface area contributed by atoms with Crippen LogP contribution in [0.15, 0.2) is 114 Å². The summed E-state index contributed by atoms with van der Waals surface area (Å²) in [6.07, 6.45) is 1.92. The number of hydrogen-bond acceptors (Lipinski definition) is 6. The third kappa shape index (κ3) is 8.88. The van der Waals surface area contributed by atoms with Crippen LogP contribution in [0.4, 0.5) is 5.69 Å². The number of carbonyl (C=O) groups is 2. The van der Waals surface area contributed by atoms with Crippen molar-refractivity contribution in [1.29, 1.82) is 0 Å². The molecule has 0 aliphatic heterocycles. The van der Waals surface area contributed by atoms with Crippen LogP contribution in [0.25, 0.3) is 0 Å². The average Bonchev–Trinajstić information content (AvgIpc) is 3.09. The Kier molecular flexibility index (Phi) is 12.2. The largest absolute Gasteiger partial charge is 0.497 e. The lowest BCUT2D eigenvalue weighted by Crippen LogP contribution is -2.53. The topological polar surface area (TPSA) is 105 Å². The minimum absolute atomic E-state index is 0.00226. The summed E-state index contributed by atoms with van der Waals surface area (Å²) in [4.78, 5) is 29.8. The van der Waals surface area contributed by atoms with Gasteiger partial charge in [0.2, 0.25) is 11.8 Å². The number of ether oxygens (including phenoxy) is 2. The number of amides is 2. The van der Waals surface area contributed by atoms with E-state index in [4.69, 9.17) is 9.47 Å². The van der Waals surface area contributed by atoms with Gasteiger partial charge in [-0.2, -0.15) is 0 Å². The zero-order chi connectivity index (χ0) is 32.9. The van der Waals surface area contributed by atoms with Crippen molar-refractivity contribution >= 4 is 27.5 Å². The number of benzene rings is 4. The second-order valence-electron chi connectivity index (χ2n) is 10.7. The molecule has 1 N–H and O–H groups in total. The fourth-order valence-corrected chi connectivity index (χ4v) is 6.44. The van der Waals surface area contributed by atoms with Crippen LogP contribution < -0.4 is 19.1 Å². The Bertz CT molecular complexity index is 1670. The van der Waals surface area contributed by atoms with E-state index in [1.54, 1.807) is 61.7 Å². The van der Waals surface area contributed by atoms with E-state index in [1.807, 2.05) is 49.4 Å². The number of hydrogen-bond donors (Lipinski definition) is 1. The van der Waals surface area contributed by atoms with Crippen LogP contribution in [0.5, 0.6) is 11.5 Å². The quantitative estimate of drug-likeness (QED) is 0.163. The summed E-state index contributed by atoms with van der Waals surface area (Å²) in [5.74, 6) is 0.265. The molecule has 242 valence electrons. The molecule has 0 saturated carbocycles. The molecular weight excluding hydrogens is 602 g/mol. The molecule has 0 aromatic heterocycles. The van der Waals surface area contributed by atoms with Crippen molar-refractivity contribution in [3.63, 3.8) is 0 Å². The third-order valence-electron chi connectivity index (χ3n) is 7.56. The number of carbonyl (C=O) groups excluding carboxylic acids is 2. The van der Waals surface area contributed by atoms with Gasteiger partial charge in [0, 0.05) is 19.5 Å². The van der Waals surface area contributed by atoms with Gasteiger partial charge in [-0.05, 0) is 66.1 Å². The molecule has 0 spiro atoms. The molecule has 0 heterocycles. The summed E-state index contributed by atoms with van der Waals surface area (Å²) in [7, 11) is -1.15. The maximum atomic E-state index is 14.5. The standard InChI is InChI=1S/C36H41N3O6S/c1-4-5-23-37-36(41)34(25-28-13-8-6-9-14-28)38(26-29-15-12-18-32(24-29)45-3)35(40)27-39(30-16-10-7-11-17-30)46(42,43)33-21-19-31(44-2)20-22-33/h6-22,24,34H,4-5,23,25-27H2,1-3H3,(H,37,41)/t34-/m0/s1. The predicted molar refractivity (Wildman–Crippen MR) is 179 cm³/mol. The van der Waals surface area contributed by atoms with Crippen molar-refractivity contribution < 1.29 is 27.5 Å². The maximum absolute atomic E-state index is 14.5. The SMILES string of the molecule is CCCCNC(=O)[C@H](Cc1ccccc1)N(Cc1cccc(OC)c1)C(=O)CN(c1ccccc1)S(=O)(=O)c1ccc(OC)cc1. The van der Waals surface area contributed by atoms with Gasteiger partial charge in [0.05, 0.1) is 24.8 Å². The van der Waals surface area contributed by atoms with Gasteiger partial charge in [-0.3, -0.25) is 13.9 Å². The Labute approximate surface area is 271 Å². The monoisotopic (exact) mass is 643 g/mol. The zero-order valence-corrected chi connectivity index (χ0v) is 27.3. The van der Waals surface area contributed by atoms with Crippen LogP contribution in [0.2, 0.25) is 0 Å². The van der Waals surface area contributed by atoms with E-state index >= 15 is 0 Å². The molecule has 0 aliphatic carbocycles. The van der Waals surface area contributed by atoms with Gasteiger partial charge in [0.25, 0.3) is 10.0 Å². The molecular formula is C36H41N3O6S. The molecule has 4 aromatic carbocycles. The molecule has 9 nitrogen and oxygen atoms in total. The highest BCUT2D eigenvalue weighted by atomic mass is 32.2. The van der Waals surface area contributed by atoms with Gasteiger partial charge in [-0.15, -0.1) is 0 Å². The first-order valence-corrected chi connectivity index (χ1v) is 16.7. The summed E-state index contributed by atoms with van der Waals surface area (Å²) >= 11 is 0. The molecule has 10 heteroatoms. The third-order valence-corrected chi connectivity index (χ3v) is 9.35. The highest BCUT2D eigenvalue weighted by molar-refractivity contribution is 7.92. The highest BCUT2D eigenvalue weighted by Gasteiger charge is 2.34. The molecule has 46 heavy (non-hydrogen) atoms. The number of unbranched alkanes of at least 4 members (excludes halogenated alkanes) is 1. The molecule has 0 radical (unpaired) electrons. The second-order valence-corrected chi connectivity index (χ2v) is 12.6. The van der Waals surface area contributed by atoms with E-state index in [0.29, 0.717) is 23.7 Å². The fraction of sp³-hybridized carbons (Fsp3) is 0.278. The highest BCUT2D eigenvalue weighted by Crippen LogP contribution is 2.26. The van der Waals surface area contributed by atoms with E-state index in [9.17, 15) is 18.0 Å². The minimum Gasteiger partial charge on any atom is -0.497 e. The molecule has 0 unspecified atom stereocenters. The Morgan fingerprint density at radius 1 is 0.783 bits per heavy atom. The molecule has 0 fully saturated rings. The molecule has 1 atom stereocenters. The van der Waals surface area contributed by atoms with Gasteiger partial charge in [-0.25, -0.2) is 8.42 Å². The van der Waals surface area contributed by atoms with E-state index in [1.165, 1.54) is 24.1 Å². The summed E-state index contributed by atoms with van der Waals surface area (Å²) in [5.41, 5.74) is 1.92. The second kappa shape index (κ2) is 16.5. The lowest BCUT2D eigenvalue weighted by molar-refractivity contribution is -0.140. The molecule has 4 rings (SSSR count). The van der Waals surface area contributed by atoms with Crippen molar-refractivity contribution in [2.24, 2.45) is 0 Å². The van der Waals surface area contributed by atoms with Crippen molar-refractivity contribution in [2.45, 2.75) is 43.7 Å². The van der Waals surface area contributed by atoms with Crippen molar-refractivity contribution in [1.82, 2.24) is 10.2 Å². The van der Waals surface area contributed by atoms with Gasteiger partial charge >= 0.3 is 0 Å². The van der Waals surface area contributed by atoms with E-state index < -0.39 is 28.5 Å². The smallest absolute Gasteiger partial charge is 0.264 e. The number of rotatable bonds is 16. The number of anilines is 1. The molecule has 0 saturated heterocycles. The first kappa shape index (κ1) is 34.1. The fourth-order valence-electron chi connectivity index (χ4n) is 5.03. The normalized spacial score (nSPS) is 11.7. The van der Waals surface area contributed by atoms with Gasteiger partial charge in [0.15, 0.2) is 0 Å². The summed E-state index contributed by atoms with van der Waals surface area (Å²) < 4.78 is 40.0. The number of para-hydroxylation sites is 1. The zero-order valence-electron chi connectivity index (χ0n) is 26.5. The van der Waals surface area contributed by atoms with E-state index in [0.717, 1.165) is 28.3 Å². The number of nitrogens with zero attached hydrogens (tertiary/aromatic N) is 2. The Morgan fingerprint density at radius 3 is 2.04 bits per heavy atom. The van der Waals surface area contributed by atoms with Crippen LogP contribution in [0, 0.1) is 0 Å². The number of sulfonamides is 1. The van der Waals surface area contributed by atoms with E-state index in [-0.39, 0.29) is 23.8 Å². The molecule has 2 amide bonds. The van der Waals surface area contributed by atoms with Crippen LogP contribution in [-0.2, 0) is 32.6 Å². The molecule has 0 bridgehead atoms. The first-order chi connectivity index (χ1) is 22.3. The van der Waals surface area contributed by atoms with Gasteiger partial charge in [-0.1, -0.05) is 74.0 Å².